The molecule has 4 atom stereocenters. The summed E-state index contributed by atoms with van der Waals surface area (Å²) in [6.45, 7) is 3.42. The van der Waals surface area contributed by atoms with Crippen LogP contribution in [0.4, 0.5) is 0 Å². The molecule has 0 aliphatic carbocycles. The van der Waals surface area contributed by atoms with Gasteiger partial charge < -0.3 is 28.4 Å². The van der Waals surface area contributed by atoms with Gasteiger partial charge in [0.2, 0.25) is 0 Å². The number of hydrogen-bond donors (Lipinski definition) is 0. The summed E-state index contributed by atoms with van der Waals surface area (Å²) in [5.74, 6) is 0. The molecular formula is C13H28O6. The highest BCUT2D eigenvalue weighted by molar-refractivity contribution is 4.85. The summed E-state index contributed by atoms with van der Waals surface area (Å²) in [6.07, 6.45) is -1.08. The van der Waals surface area contributed by atoms with Crippen LogP contribution in [0.2, 0.25) is 0 Å². The lowest BCUT2D eigenvalue weighted by Crippen LogP contribution is -2.51. The molecule has 0 fully saturated rings. The van der Waals surface area contributed by atoms with E-state index in [4.69, 9.17) is 28.4 Å². The standard InChI is InChI=1S/C13H28O6/c1-7-19-9-11(16-4)13(18-6)12(17-5)10(15-3)8-14-2/h10-13H,7-9H2,1-6H3. The van der Waals surface area contributed by atoms with Crippen molar-refractivity contribution in [1.82, 2.24) is 0 Å². The van der Waals surface area contributed by atoms with Crippen molar-refractivity contribution >= 4 is 0 Å². The second-order valence-corrected chi connectivity index (χ2v) is 4.06. The van der Waals surface area contributed by atoms with E-state index in [2.05, 4.69) is 0 Å². The average molecular weight is 280 g/mol. The lowest BCUT2D eigenvalue weighted by atomic mass is 10.0. The zero-order chi connectivity index (χ0) is 14.7. The largest absolute Gasteiger partial charge is 0.382 e. The maximum absolute atomic E-state index is 5.52. The Bertz CT molecular complexity index is 202. The second kappa shape index (κ2) is 11.6. The normalized spacial score (nSPS) is 18.0. The Hall–Kier alpha value is -0.240. The van der Waals surface area contributed by atoms with Crippen LogP contribution in [0.5, 0.6) is 0 Å². The van der Waals surface area contributed by atoms with E-state index in [1.807, 2.05) is 6.92 Å². The Morgan fingerprint density at radius 2 is 1.16 bits per heavy atom. The molecular weight excluding hydrogens is 252 g/mol. The molecule has 19 heavy (non-hydrogen) atoms. The van der Waals surface area contributed by atoms with Crippen LogP contribution in [0.1, 0.15) is 6.92 Å². The number of ether oxygens (including phenoxy) is 6. The summed E-state index contributed by atoms with van der Waals surface area (Å²) in [5.41, 5.74) is 0. The predicted molar refractivity (Wildman–Crippen MR) is 71.6 cm³/mol. The summed E-state index contributed by atoms with van der Waals surface area (Å²) in [6, 6.07) is 0. The maximum atomic E-state index is 5.52. The van der Waals surface area contributed by atoms with Gasteiger partial charge in [-0.05, 0) is 6.92 Å². The fraction of sp³-hybridized carbons (Fsp3) is 1.00. The van der Waals surface area contributed by atoms with Crippen LogP contribution in [0.15, 0.2) is 0 Å². The molecule has 6 heteroatoms. The van der Waals surface area contributed by atoms with Gasteiger partial charge in [0.05, 0.1) is 13.2 Å². The van der Waals surface area contributed by atoms with Gasteiger partial charge in [-0.15, -0.1) is 0 Å². The van der Waals surface area contributed by atoms with Crippen molar-refractivity contribution in [1.29, 1.82) is 0 Å². The van der Waals surface area contributed by atoms with Gasteiger partial charge in [-0.25, -0.2) is 0 Å². The van der Waals surface area contributed by atoms with Crippen molar-refractivity contribution in [3.63, 3.8) is 0 Å². The van der Waals surface area contributed by atoms with Gasteiger partial charge in [0.25, 0.3) is 0 Å². The summed E-state index contributed by atoms with van der Waals surface area (Å²) >= 11 is 0. The minimum Gasteiger partial charge on any atom is -0.382 e. The van der Waals surface area contributed by atoms with Crippen molar-refractivity contribution in [3.05, 3.63) is 0 Å². The third kappa shape index (κ3) is 6.16. The molecule has 0 saturated carbocycles. The van der Waals surface area contributed by atoms with Crippen LogP contribution < -0.4 is 0 Å². The van der Waals surface area contributed by atoms with Gasteiger partial charge in [0.1, 0.15) is 24.4 Å². The molecule has 4 unspecified atom stereocenters. The molecule has 0 amide bonds. The lowest BCUT2D eigenvalue weighted by Gasteiger charge is -2.34. The van der Waals surface area contributed by atoms with E-state index >= 15 is 0 Å². The zero-order valence-electron chi connectivity index (χ0n) is 12.9. The molecule has 0 radical (unpaired) electrons. The monoisotopic (exact) mass is 280 g/mol. The molecule has 0 aliphatic rings. The molecule has 0 aromatic carbocycles. The van der Waals surface area contributed by atoms with Crippen molar-refractivity contribution in [2.45, 2.75) is 31.3 Å². The highest BCUT2D eigenvalue weighted by Crippen LogP contribution is 2.16. The van der Waals surface area contributed by atoms with E-state index < -0.39 is 0 Å². The zero-order valence-corrected chi connectivity index (χ0v) is 12.9. The molecule has 0 spiro atoms. The average Bonchev–Trinajstić information content (AvgIpc) is 2.45. The van der Waals surface area contributed by atoms with Gasteiger partial charge in [-0.3, -0.25) is 0 Å². The van der Waals surface area contributed by atoms with Gasteiger partial charge in [-0.2, -0.15) is 0 Å². The van der Waals surface area contributed by atoms with Gasteiger partial charge >= 0.3 is 0 Å². The summed E-state index contributed by atoms with van der Waals surface area (Å²) in [5, 5.41) is 0. The first-order valence-corrected chi connectivity index (χ1v) is 6.37. The molecule has 0 heterocycles. The first kappa shape index (κ1) is 18.8. The molecule has 0 aromatic rings. The SMILES string of the molecule is CCOCC(OC)C(OC)C(OC)C(COC)OC. The topological polar surface area (TPSA) is 55.4 Å². The van der Waals surface area contributed by atoms with Crippen molar-refractivity contribution in [2.75, 3.05) is 55.4 Å². The fourth-order valence-electron chi connectivity index (χ4n) is 1.99. The molecule has 0 saturated heterocycles. The van der Waals surface area contributed by atoms with Crippen LogP contribution in [0, 0.1) is 0 Å². The quantitative estimate of drug-likeness (QED) is 0.525. The van der Waals surface area contributed by atoms with Crippen LogP contribution in [-0.2, 0) is 28.4 Å². The molecule has 0 N–H and O–H groups in total. The summed E-state index contributed by atoms with van der Waals surface area (Å²) < 4.78 is 32.4. The van der Waals surface area contributed by atoms with E-state index in [1.165, 1.54) is 0 Å². The van der Waals surface area contributed by atoms with Crippen LogP contribution >= 0.6 is 0 Å². The van der Waals surface area contributed by atoms with Crippen LogP contribution in [0.3, 0.4) is 0 Å². The highest BCUT2D eigenvalue weighted by Gasteiger charge is 2.36. The molecule has 6 nitrogen and oxygen atoms in total. The van der Waals surface area contributed by atoms with E-state index in [0.29, 0.717) is 19.8 Å². The van der Waals surface area contributed by atoms with Gasteiger partial charge in [-0.1, -0.05) is 0 Å². The molecule has 0 aliphatic heterocycles. The Morgan fingerprint density at radius 3 is 1.47 bits per heavy atom. The minimum atomic E-state index is -0.305. The fourth-order valence-corrected chi connectivity index (χ4v) is 1.99. The maximum Gasteiger partial charge on any atom is 0.114 e. The predicted octanol–water partition coefficient (Wildman–Crippen LogP) is 0.729. The smallest absolute Gasteiger partial charge is 0.114 e. The van der Waals surface area contributed by atoms with E-state index in [-0.39, 0.29) is 24.4 Å². The second-order valence-electron chi connectivity index (χ2n) is 4.06. The van der Waals surface area contributed by atoms with Crippen molar-refractivity contribution in [3.8, 4) is 0 Å². The molecule has 0 rings (SSSR count). The summed E-state index contributed by atoms with van der Waals surface area (Å²) in [4.78, 5) is 0. The first-order chi connectivity index (χ1) is 9.19. The third-order valence-electron chi connectivity index (χ3n) is 3.02. The Morgan fingerprint density at radius 1 is 0.684 bits per heavy atom. The van der Waals surface area contributed by atoms with E-state index in [0.717, 1.165) is 0 Å². The van der Waals surface area contributed by atoms with Crippen molar-refractivity contribution in [2.24, 2.45) is 0 Å². The number of hydrogen-bond acceptors (Lipinski definition) is 6. The highest BCUT2D eigenvalue weighted by atomic mass is 16.6. The van der Waals surface area contributed by atoms with Gasteiger partial charge in [0.15, 0.2) is 0 Å². The Balaban J connectivity index is 4.80. The number of rotatable bonds is 12. The Labute approximate surface area is 116 Å². The van der Waals surface area contributed by atoms with Crippen LogP contribution in [-0.4, -0.2) is 79.8 Å². The molecule has 0 aromatic heterocycles. The van der Waals surface area contributed by atoms with Crippen molar-refractivity contribution < 1.29 is 28.4 Å². The van der Waals surface area contributed by atoms with Crippen LogP contribution in [0.25, 0.3) is 0 Å². The number of methoxy groups -OCH3 is 5. The molecule has 116 valence electrons. The summed E-state index contributed by atoms with van der Waals surface area (Å²) in [7, 11) is 8.10. The first-order valence-electron chi connectivity index (χ1n) is 6.37. The Kier molecular flexibility index (Phi) is 11.4. The van der Waals surface area contributed by atoms with E-state index in [9.17, 15) is 0 Å². The lowest BCUT2D eigenvalue weighted by molar-refractivity contribution is -0.168. The van der Waals surface area contributed by atoms with E-state index in [1.54, 1.807) is 35.5 Å². The minimum absolute atomic E-state index is 0.232. The third-order valence-corrected chi connectivity index (χ3v) is 3.02. The van der Waals surface area contributed by atoms with Gasteiger partial charge in [0, 0.05) is 42.2 Å². The molecule has 0 bridgehead atoms.